The second-order valence-corrected chi connectivity index (χ2v) is 14.6. The Morgan fingerprint density at radius 2 is 0.943 bits per heavy atom. The minimum absolute atomic E-state index is 0.653. The first-order chi connectivity index (χ1) is 26.3. The van der Waals surface area contributed by atoms with E-state index in [1.54, 1.807) is 0 Å². The Bertz CT molecular complexity index is 3240. The normalized spacial score (nSPS) is 11.8. The zero-order valence-electron chi connectivity index (χ0n) is 28.5. The van der Waals surface area contributed by atoms with Gasteiger partial charge in [-0.3, -0.25) is 0 Å². The van der Waals surface area contributed by atoms with Crippen molar-refractivity contribution in [2.45, 2.75) is 0 Å². The SMILES string of the molecule is c1ccc(-c2ccc(-c3nc(-c4ccc5ccccc5c4)nc(-c4cccc5sc6c(ccc7ccc8ccccc8c76)c45)n3)c3ccccc23)cc1. The fourth-order valence-electron chi connectivity index (χ4n) is 8.00. The molecule has 3 nitrogen and oxygen atoms in total. The van der Waals surface area contributed by atoms with Crippen LogP contribution >= 0.6 is 11.3 Å². The molecular weight excluding hydrogens is 663 g/mol. The zero-order chi connectivity index (χ0) is 34.9. The van der Waals surface area contributed by atoms with Crippen LogP contribution in [0.5, 0.6) is 0 Å². The van der Waals surface area contributed by atoms with Gasteiger partial charge in [0.25, 0.3) is 0 Å². The third-order valence-electron chi connectivity index (χ3n) is 10.5. The Labute approximate surface area is 309 Å². The summed E-state index contributed by atoms with van der Waals surface area (Å²) in [6.07, 6.45) is 0. The summed E-state index contributed by atoms with van der Waals surface area (Å²) in [5.41, 5.74) is 5.30. The van der Waals surface area contributed by atoms with Gasteiger partial charge in [0, 0.05) is 42.2 Å². The fourth-order valence-corrected chi connectivity index (χ4v) is 9.29. The first-order valence-electron chi connectivity index (χ1n) is 17.9. The number of hydrogen-bond donors (Lipinski definition) is 0. The van der Waals surface area contributed by atoms with E-state index in [2.05, 4.69) is 176 Å². The second-order valence-electron chi connectivity index (χ2n) is 13.5. The van der Waals surface area contributed by atoms with Crippen molar-refractivity contribution in [2.24, 2.45) is 0 Å². The number of nitrogens with zero attached hydrogens (tertiary/aromatic N) is 3. The Morgan fingerprint density at radius 3 is 1.79 bits per heavy atom. The molecule has 0 spiro atoms. The zero-order valence-corrected chi connectivity index (χ0v) is 29.3. The quantitative estimate of drug-likeness (QED) is 0.172. The van der Waals surface area contributed by atoms with E-state index in [-0.39, 0.29) is 0 Å². The summed E-state index contributed by atoms with van der Waals surface area (Å²) in [7, 11) is 0. The van der Waals surface area contributed by atoms with Crippen molar-refractivity contribution >= 4 is 74.6 Å². The number of fused-ring (bicyclic) bond motifs is 9. The van der Waals surface area contributed by atoms with Gasteiger partial charge in [-0.15, -0.1) is 11.3 Å². The molecule has 0 fully saturated rings. The molecule has 0 aliphatic rings. The van der Waals surface area contributed by atoms with Crippen LogP contribution in [0.4, 0.5) is 0 Å². The number of thiophene rings is 1. The van der Waals surface area contributed by atoms with Gasteiger partial charge in [-0.2, -0.15) is 0 Å². The molecule has 53 heavy (non-hydrogen) atoms. The summed E-state index contributed by atoms with van der Waals surface area (Å²) in [5, 5.41) is 12.1. The first kappa shape index (κ1) is 29.9. The third-order valence-corrected chi connectivity index (χ3v) is 11.7. The largest absolute Gasteiger partial charge is 0.208 e. The summed E-state index contributed by atoms with van der Waals surface area (Å²) in [5.74, 6) is 1.97. The van der Waals surface area contributed by atoms with E-state index in [9.17, 15) is 0 Å². The molecule has 0 amide bonds. The standard InChI is InChI=1S/C49H29N3S/c1-2-12-31(13-3-1)36-27-28-40(39-18-9-8-17-38(36)39)48-50-47(35-24-21-30-11-4-5-15-34(30)29-35)51-49(52-48)42-19-10-20-43-45(42)41-26-25-33-23-22-32-14-6-7-16-37(32)44(33)46(41)53-43/h1-29H. The summed E-state index contributed by atoms with van der Waals surface area (Å²) in [4.78, 5) is 15.9. The average Bonchev–Trinajstić information content (AvgIpc) is 3.62. The van der Waals surface area contributed by atoms with Crippen molar-refractivity contribution in [3.8, 4) is 45.3 Å². The summed E-state index contributed by atoms with van der Waals surface area (Å²) >= 11 is 1.85. The molecule has 0 radical (unpaired) electrons. The van der Waals surface area contributed by atoms with E-state index in [0.29, 0.717) is 17.5 Å². The molecule has 0 aliphatic carbocycles. The highest BCUT2D eigenvalue weighted by Gasteiger charge is 2.20. The molecular formula is C49H29N3S. The topological polar surface area (TPSA) is 38.7 Å². The molecule has 0 saturated carbocycles. The van der Waals surface area contributed by atoms with Crippen molar-refractivity contribution in [1.29, 1.82) is 0 Å². The highest BCUT2D eigenvalue weighted by molar-refractivity contribution is 7.27. The molecule has 9 aromatic carbocycles. The van der Waals surface area contributed by atoms with E-state index < -0.39 is 0 Å². The van der Waals surface area contributed by atoms with Gasteiger partial charge in [-0.25, -0.2) is 15.0 Å². The third kappa shape index (κ3) is 4.84. The minimum Gasteiger partial charge on any atom is -0.208 e. The van der Waals surface area contributed by atoms with Crippen molar-refractivity contribution in [3.63, 3.8) is 0 Å². The Kier molecular flexibility index (Phi) is 6.73. The van der Waals surface area contributed by atoms with Crippen molar-refractivity contribution in [3.05, 3.63) is 176 Å². The number of rotatable bonds is 4. The highest BCUT2D eigenvalue weighted by Crippen LogP contribution is 2.45. The maximum atomic E-state index is 5.35. The molecule has 4 heteroatoms. The smallest absolute Gasteiger partial charge is 0.164 e. The predicted molar refractivity (Wildman–Crippen MR) is 224 cm³/mol. The van der Waals surface area contributed by atoms with Crippen LogP contribution in [-0.2, 0) is 0 Å². The molecule has 246 valence electrons. The van der Waals surface area contributed by atoms with Gasteiger partial charge in [0.05, 0.1) is 0 Å². The van der Waals surface area contributed by atoms with Crippen LogP contribution in [0.15, 0.2) is 176 Å². The maximum absolute atomic E-state index is 5.35. The molecule has 11 aromatic rings. The predicted octanol–water partition coefficient (Wildman–Crippen LogP) is 13.5. The van der Waals surface area contributed by atoms with Gasteiger partial charge in [0.1, 0.15) is 0 Å². The number of aromatic nitrogens is 3. The van der Waals surface area contributed by atoms with Gasteiger partial charge in [0.15, 0.2) is 17.5 Å². The average molecular weight is 692 g/mol. The molecule has 2 aromatic heterocycles. The Morgan fingerprint density at radius 1 is 0.321 bits per heavy atom. The number of hydrogen-bond acceptors (Lipinski definition) is 4. The number of benzene rings is 9. The lowest BCUT2D eigenvalue weighted by Crippen LogP contribution is -2.01. The van der Waals surface area contributed by atoms with Crippen LogP contribution < -0.4 is 0 Å². The minimum atomic E-state index is 0.653. The second kappa shape index (κ2) is 11.9. The lowest BCUT2D eigenvalue weighted by molar-refractivity contribution is 1.08. The lowest BCUT2D eigenvalue weighted by Gasteiger charge is -2.13. The molecule has 0 N–H and O–H groups in total. The molecule has 11 rings (SSSR count). The maximum Gasteiger partial charge on any atom is 0.164 e. The van der Waals surface area contributed by atoms with E-state index in [0.717, 1.165) is 32.8 Å². The molecule has 0 saturated heterocycles. The fraction of sp³-hybridized carbons (Fsp3) is 0. The van der Waals surface area contributed by atoms with Crippen LogP contribution in [0.1, 0.15) is 0 Å². The monoisotopic (exact) mass is 691 g/mol. The Balaban J connectivity index is 1.19. The van der Waals surface area contributed by atoms with E-state index >= 15 is 0 Å². The molecule has 0 unspecified atom stereocenters. The Hall–Kier alpha value is -6.75. The van der Waals surface area contributed by atoms with Crippen LogP contribution in [0.2, 0.25) is 0 Å². The van der Waals surface area contributed by atoms with Crippen molar-refractivity contribution in [1.82, 2.24) is 15.0 Å². The molecule has 0 atom stereocenters. The first-order valence-corrected chi connectivity index (χ1v) is 18.7. The van der Waals surface area contributed by atoms with Gasteiger partial charge in [-0.05, 0) is 67.0 Å². The van der Waals surface area contributed by atoms with E-state index in [4.69, 9.17) is 15.0 Å². The van der Waals surface area contributed by atoms with Gasteiger partial charge in [0.2, 0.25) is 0 Å². The van der Waals surface area contributed by atoms with Crippen LogP contribution in [-0.4, -0.2) is 15.0 Å². The molecule has 0 aliphatic heterocycles. The van der Waals surface area contributed by atoms with Crippen molar-refractivity contribution < 1.29 is 0 Å². The van der Waals surface area contributed by atoms with Gasteiger partial charge in [-0.1, -0.05) is 158 Å². The summed E-state index contributed by atoms with van der Waals surface area (Å²) < 4.78 is 2.50. The van der Waals surface area contributed by atoms with E-state index in [1.807, 2.05) is 11.3 Å². The van der Waals surface area contributed by atoms with E-state index in [1.165, 1.54) is 58.2 Å². The van der Waals surface area contributed by atoms with Crippen molar-refractivity contribution in [2.75, 3.05) is 0 Å². The van der Waals surface area contributed by atoms with Crippen LogP contribution in [0, 0.1) is 0 Å². The van der Waals surface area contributed by atoms with Gasteiger partial charge < -0.3 is 0 Å². The summed E-state index contributed by atoms with van der Waals surface area (Å²) in [6, 6.07) is 62.6. The molecule has 0 bridgehead atoms. The van der Waals surface area contributed by atoms with Crippen LogP contribution in [0.3, 0.4) is 0 Å². The lowest BCUT2D eigenvalue weighted by atomic mass is 9.94. The van der Waals surface area contributed by atoms with Gasteiger partial charge >= 0.3 is 0 Å². The molecule has 2 heterocycles. The van der Waals surface area contributed by atoms with Crippen LogP contribution in [0.25, 0.3) is 109 Å². The summed E-state index contributed by atoms with van der Waals surface area (Å²) in [6.45, 7) is 0. The highest BCUT2D eigenvalue weighted by atomic mass is 32.1.